The van der Waals surface area contributed by atoms with Gasteiger partial charge in [0.2, 0.25) is 0 Å². The minimum Gasteiger partial charge on any atom is -0.496 e. The Morgan fingerprint density at radius 1 is 1.42 bits per heavy atom. The van der Waals surface area contributed by atoms with Gasteiger partial charge in [0.1, 0.15) is 11.6 Å². The fourth-order valence-electron chi connectivity index (χ4n) is 3.15. The highest BCUT2D eigenvalue weighted by Gasteiger charge is 2.23. The number of hydrogen-bond donors (Lipinski definition) is 1. The molecule has 0 bridgehead atoms. The topological polar surface area (TPSA) is 101 Å². The Bertz CT molecular complexity index is 891. The standard InChI is InChI=1S/C18H22N4O4/c1-11(2)17-19-15-6-7-21(10-14(15)18(23)20-17)9-12-8-13(22(24)25)4-5-16(12)26-3/h4-5,8,11H,6-7,9-10H2,1-3H3,(H,19,20,23). The third kappa shape index (κ3) is 3.60. The normalized spacial score (nSPS) is 14.3. The number of aromatic amines is 1. The van der Waals surface area contributed by atoms with Gasteiger partial charge in [0.05, 0.1) is 23.3 Å². The molecule has 0 amide bonds. The predicted molar refractivity (Wildman–Crippen MR) is 96.4 cm³/mol. The Kier molecular flexibility index (Phi) is 5.03. The molecule has 0 radical (unpaired) electrons. The van der Waals surface area contributed by atoms with Crippen LogP contribution in [0.1, 0.15) is 42.4 Å². The van der Waals surface area contributed by atoms with Crippen LogP contribution in [0.4, 0.5) is 5.69 Å². The van der Waals surface area contributed by atoms with Crippen LogP contribution < -0.4 is 10.3 Å². The summed E-state index contributed by atoms with van der Waals surface area (Å²) in [6.45, 7) is 5.65. The lowest BCUT2D eigenvalue weighted by molar-refractivity contribution is -0.385. The number of H-pyrrole nitrogens is 1. The molecule has 1 N–H and O–H groups in total. The third-order valence-corrected chi connectivity index (χ3v) is 4.58. The van der Waals surface area contributed by atoms with Crippen LogP contribution in [-0.2, 0) is 19.5 Å². The van der Waals surface area contributed by atoms with Crippen molar-refractivity contribution in [3.05, 3.63) is 61.3 Å². The van der Waals surface area contributed by atoms with Gasteiger partial charge >= 0.3 is 0 Å². The number of non-ortho nitro benzene ring substituents is 1. The highest BCUT2D eigenvalue weighted by molar-refractivity contribution is 5.44. The SMILES string of the molecule is COc1ccc([N+](=O)[O-])cc1CN1CCc2nc(C(C)C)[nH]c(=O)c2C1. The summed E-state index contributed by atoms with van der Waals surface area (Å²) in [7, 11) is 1.54. The molecule has 1 aliphatic rings. The number of benzene rings is 1. The Labute approximate surface area is 151 Å². The van der Waals surface area contributed by atoms with Crippen LogP contribution >= 0.6 is 0 Å². The van der Waals surface area contributed by atoms with Gasteiger partial charge in [0, 0.05) is 49.7 Å². The van der Waals surface area contributed by atoms with Crippen LogP contribution in [0, 0.1) is 10.1 Å². The van der Waals surface area contributed by atoms with Crippen molar-refractivity contribution in [3.63, 3.8) is 0 Å². The number of aromatic nitrogens is 2. The molecule has 0 unspecified atom stereocenters. The molecule has 0 aliphatic carbocycles. The number of nitrogens with one attached hydrogen (secondary N) is 1. The van der Waals surface area contributed by atoms with Crippen LogP contribution in [0.25, 0.3) is 0 Å². The summed E-state index contributed by atoms with van der Waals surface area (Å²) in [4.78, 5) is 32.6. The van der Waals surface area contributed by atoms with Crippen LogP contribution in [0.15, 0.2) is 23.0 Å². The average molecular weight is 358 g/mol. The number of hydrogen-bond acceptors (Lipinski definition) is 6. The van der Waals surface area contributed by atoms with Gasteiger partial charge in [-0.2, -0.15) is 0 Å². The van der Waals surface area contributed by atoms with Gasteiger partial charge < -0.3 is 9.72 Å². The zero-order valence-electron chi connectivity index (χ0n) is 15.1. The lowest BCUT2D eigenvalue weighted by Gasteiger charge is -2.28. The molecule has 0 saturated carbocycles. The minimum atomic E-state index is -0.420. The van der Waals surface area contributed by atoms with E-state index in [2.05, 4.69) is 14.9 Å². The quantitative estimate of drug-likeness (QED) is 0.650. The summed E-state index contributed by atoms with van der Waals surface area (Å²) in [6, 6.07) is 4.56. The van der Waals surface area contributed by atoms with E-state index < -0.39 is 4.92 Å². The maximum Gasteiger partial charge on any atom is 0.270 e. The van der Waals surface area contributed by atoms with E-state index in [9.17, 15) is 14.9 Å². The summed E-state index contributed by atoms with van der Waals surface area (Å²) in [5.41, 5.74) is 2.17. The van der Waals surface area contributed by atoms with Gasteiger partial charge in [-0.25, -0.2) is 4.98 Å². The van der Waals surface area contributed by atoms with Crippen LogP contribution in [0.3, 0.4) is 0 Å². The molecule has 0 fully saturated rings. The largest absolute Gasteiger partial charge is 0.496 e. The predicted octanol–water partition coefficient (Wildman–Crippen LogP) is 2.37. The van der Waals surface area contributed by atoms with Crippen molar-refractivity contribution in [2.45, 2.75) is 39.3 Å². The summed E-state index contributed by atoms with van der Waals surface area (Å²) in [6.07, 6.45) is 0.677. The van der Waals surface area contributed by atoms with Crippen LogP contribution in [-0.4, -0.2) is 33.4 Å². The van der Waals surface area contributed by atoms with E-state index >= 15 is 0 Å². The van der Waals surface area contributed by atoms with E-state index in [0.717, 1.165) is 17.8 Å². The molecule has 2 aromatic rings. The number of methoxy groups -OCH3 is 1. The molecule has 0 spiro atoms. The Morgan fingerprint density at radius 2 is 2.19 bits per heavy atom. The van der Waals surface area contributed by atoms with Crippen molar-refractivity contribution >= 4 is 5.69 Å². The van der Waals surface area contributed by atoms with Gasteiger partial charge in [-0.3, -0.25) is 19.8 Å². The second-order valence-electron chi connectivity index (χ2n) is 6.75. The first-order valence-corrected chi connectivity index (χ1v) is 8.54. The summed E-state index contributed by atoms with van der Waals surface area (Å²) in [5.74, 6) is 1.48. The first-order chi connectivity index (χ1) is 12.4. The van der Waals surface area contributed by atoms with Gasteiger partial charge in [0.25, 0.3) is 11.2 Å². The Balaban J connectivity index is 1.85. The molecular formula is C18H22N4O4. The number of fused-ring (bicyclic) bond motifs is 1. The molecule has 138 valence electrons. The zero-order chi connectivity index (χ0) is 18.8. The fourth-order valence-corrected chi connectivity index (χ4v) is 3.15. The molecular weight excluding hydrogens is 336 g/mol. The lowest BCUT2D eigenvalue weighted by atomic mass is 10.0. The van der Waals surface area contributed by atoms with Gasteiger partial charge in [0.15, 0.2) is 0 Å². The smallest absolute Gasteiger partial charge is 0.270 e. The van der Waals surface area contributed by atoms with E-state index in [1.54, 1.807) is 6.07 Å². The molecule has 1 aromatic heterocycles. The second-order valence-corrected chi connectivity index (χ2v) is 6.75. The maximum atomic E-state index is 12.4. The maximum absolute atomic E-state index is 12.4. The highest BCUT2D eigenvalue weighted by atomic mass is 16.6. The molecule has 8 nitrogen and oxygen atoms in total. The van der Waals surface area contributed by atoms with Crippen molar-refractivity contribution in [2.24, 2.45) is 0 Å². The first-order valence-electron chi connectivity index (χ1n) is 8.54. The number of ether oxygens (including phenoxy) is 1. The Hall–Kier alpha value is -2.74. The van der Waals surface area contributed by atoms with Crippen molar-refractivity contribution in [3.8, 4) is 5.75 Å². The van der Waals surface area contributed by atoms with E-state index in [0.29, 0.717) is 36.6 Å². The number of rotatable bonds is 5. The zero-order valence-corrected chi connectivity index (χ0v) is 15.1. The molecule has 1 aliphatic heterocycles. The van der Waals surface area contributed by atoms with E-state index in [4.69, 9.17) is 4.74 Å². The molecule has 8 heteroatoms. The first kappa shape index (κ1) is 18.1. The van der Waals surface area contributed by atoms with Crippen molar-refractivity contribution in [1.82, 2.24) is 14.9 Å². The summed E-state index contributed by atoms with van der Waals surface area (Å²) < 4.78 is 5.33. The molecule has 0 atom stereocenters. The second kappa shape index (κ2) is 7.25. The molecule has 26 heavy (non-hydrogen) atoms. The molecule has 1 aromatic carbocycles. The van der Waals surface area contributed by atoms with E-state index in [1.807, 2.05) is 13.8 Å². The van der Waals surface area contributed by atoms with Crippen molar-refractivity contribution in [1.29, 1.82) is 0 Å². The van der Waals surface area contributed by atoms with Gasteiger partial charge in [-0.15, -0.1) is 0 Å². The summed E-state index contributed by atoms with van der Waals surface area (Å²) in [5, 5.41) is 11.0. The number of nitro groups is 1. The van der Waals surface area contributed by atoms with Crippen LogP contribution in [0.5, 0.6) is 5.75 Å². The van der Waals surface area contributed by atoms with Crippen molar-refractivity contribution < 1.29 is 9.66 Å². The molecule has 2 heterocycles. The monoisotopic (exact) mass is 358 g/mol. The Morgan fingerprint density at radius 3 is 2.85 bits per heavy atom. The summed E-state index contributed by atoms with van der Waals surface area (Å²) >= 11 is 0. The fraction of sp³-hybridized carbons (Fsp3) is 0.444. The molecule has 3 rings (SSSR count). The average Bonchev–Trinajstić information content (AvgIpc) is 2.61. The third-order valence-electron chi connectivity index (χ3n) is 4.58. The van der Waals surface area contributed by atoms with Gasteiger partial charge in [-0.1, -0.05) is 13.8 Å². The number of nitrogens with zero attached hydrogens (tertiary/aromatic N) is 3. The van der Waals surface area contributed by atoms with Crippen molar-refractivity contribution in [2.75, 3.05) is 13.7 Å². The minimum absolute atomic E-state index is 0.0271. The van der Waals surface area contributed by atoms with Gasteiger partial charge in [-0.05, 0) is 6.07 Å². The van der Waals surface area contributed by atoms with E-state index in [-0.39, 0.29) is 17.2 Å². The number of nitro benzene ring substituents is 1. The highest BCUT2D eigenvalue weighted by Crippen LogP contribution is 2.27. The van der Waals surface area contributed by atoms with Crippen LogP contribution in [0.2, 0.25) is 0 Å². The lowest BCUT2D eigenvalue weighted by Crippen LogP contribution is -2.36. The van der Waals surface area contributed by atoms with E-state index in [1.165, 1.54) is 19.2 Å². The molecule has 0 saturated heterocycles.